The molecular formula is C13H12N4O. The number of carbonyl (C=O) groups is 1. The van der Waals surface area contributed by atoms with Crippen LogP contribution in [0.5, 0.6) is 0 Å². The van der Waals surface area contributed by atoms with Crippen molar-refractivity contribution >= 4 is 17.8 Å². The van der Waals surface area contributed by atoms with E-state index in [0.29, 0.717) is 13.1 Å². The summed E-state index contributed by atoms with van der Waals surface area (Å²) < 4.78 is 0. The molecule has 5 heteroatoms. The predicted octanol–water partition coefficient (Wildman–Crippen LogP) is 1.69. The Hall–Kier alpha value is -2.43. The van der Waals surface area contributed by atoms with Crippen molar-refractivity contribution in [2.75, 3.05) is 5.32 Å². The van der Waals surface area contributed by atoms with Crippen LogP contribution >= 0.6 is 0 Å². The van der Waals surface area contributed by atoms with Gasteiger partial charge in [-0.25, -0.2) is 9.97 Å². The van der Waals surface area contributed by atoms with Crippen molar-refractivity contribution in [3.63, 3.8) is 0 Å². The van der Waals surface area contributed by atoms with E-state index in [2.05, 4.69) is 15.3 Å². The van der Waals surface area contributed by atoms with Gasteiger partial charge in [-0.1, -0.05) is 12.1 Å². The molecule has 0 spiro atoms. The average Bonchev–Trinajstić information content (AvgIpc) is 2.84. The zero-order chi connectivity index (χ0) is 12.4. The minimum atomic E-state index is 0.649. The Labute approximate surface area is 104 Å². The van der Waals surface area contributed by atoms with Crippen LogP contribution in [0, 0.1) is 0 Å². The van der Waals surface area contributed by atoms with E-state index in [1.165, 1.54) is 11.9 Å². The number of nitrogens with one attached hydrogen (secondary N) is 1. The number of aromatic nitrogens is 2. The highest BCUT2D eigenvalue weighted by atomic mass is 16.1. The Morgan fingerprint density at radius 1 is 1.22 bits per heavy atom. The van der Waals surface area contributed by atoms with Crippen LogP contribution in [0.25, 0.3) is 0 Å². The standard InChI is InChI=1S/C13H12N4O/c18-9-17-6-10-2-1-3-13(12(10)7-17)16-11-4-14-8-15-5-11/h1-5,8-9,16H,6-7H2. The van der Waals surface area contributed by atoms with Gasteiger partial charge in [0.25, 0.3) is 0 Å². The topological polar surface area (TPSA) is 58.1 Å². The van der Waals surface area contributed by atoms with Crippen LogP contribution in [-0.2, 0) is 17.9 Å². The first-order valence-electron chi connectivity index (χ1n) is 5.69. The molecular weight excluding hydrogens is 228 g/mol. The molecule has 0 saturated heterocycles. The Morgan fingerprint density at radius 2 is 2.06 bits per heavy atom. The van der Waals surface area contributed by atoms with E-state index in [-0.39, 0.29) is 0 Å². The van der Waals surface area contributed by atoms with Crippen molar-refractivity contribution < 1.29 is 4.79 Å². The van der Waals surface area contributed by atoms with Crippen molar-refractivity contribution in [1.82, 2.24) is 14.9 Å². The van der Waals surface area contributed by atoms with Crippen LogP contribution in [0.15, 0.2) is 36.9 Å². The number of carbonyl (C=O) groups excluding carboxylic acids is 1. The number of rotatable bonds is 3. The molecule has 1 N–H and O–H groups in total. The lowest BCUT2D eigenvalue weighted by atomic mass is 10.1. The number of fused-ring (bicyclic) bond motifs is 1. The number of hydrogen-bond donors (Lipinski definition) is 1. The first-order valence-corrected chi connectivity index (χ1v) is 5.69. The molecule has 5 nitrogen and oxygen atoms in total. The maximum atomic E-state index is 10.8. The molecule has 0 fully saturated rings. The predicted molar refractivity (Wildman–Crippen MR) is 67.1 cm³/mol. The number of anilines is 2. The first-order chi connectivity index (χ1) is 8.86. The van der Waals surface area contributed by atoms with E-state index < -0.39 is 0 Å². The van der Waals surface area contributed by atoms with Gasteiger partial charge in [-0.05, 0) is 17.2 Å². The summed E-state index contributed by atoms with van der Waals surface area (Å²) in [6.07, 6.45) is 5.82. The summed E-state index contributed by atoms with van der Waals surface area (Å²) in [6.45, 7) is 1.33. The number of nitrogens with zero attached hydrogens (tertiary/aromatic N) is 3. The van der Waals surface area contributed by atoms with Gasteiger partial charge in [0.2, 0.25) is 6.41 Å². The molecule has 0 aliphatic carbocycles. The maximum absolute atomic E-state index is 10.8. The van der Waals surface area contributed by atoms with Crippen LogP contribution in [0.4, 0.5) is 11.4 Å². The number of hydrogen-bond acceptors (Lipinski definition) is 4. The largest absolute Gasteiger partial charge is 0.353 e. The van der Waals surface area contributed by atoms with Crippen LogP contribution in [-0.4, -0.2) is 21.3 Å². The lowest BCUT2D eigenvalue weighted by Gasteiger charge is -2.10. The van der Waals surface area contributed by atoms with E-state index in [1.807, 2.05) is 18.2 Å². The molecule has 0 atom stereocenters. The molecule has 1 aromatic heterocycles. The minimum absolute atomic E-state index is 0.649. The molecule has 1 aliphatic rings. The summed E-state index contributed by atoms with van der Waals surface area (Å²) in [5.74, 6) is 0. The van der Waals surface area contributed by atoms with E-state index in [1.54, 1.807) is 17.3 Å². The molecule has 0 saturated carbocycles. The molecule has 18 heavy (non-hydrogen) atoms. The third-order valence-corrected chi connectivity index (χ3v) is 3.00. The molecule has 1 amide bonds. The smallest absolute Gasteiger partial charge is 0.210 e. The molecule has 3 rings (SSSR count). The Morgan fingerprint density at radius 3 is 2.83 bits per heavy atom. The highest BCUT2D eigenvalue weighted by Crippen LogP contribution is 2.30. The second kappa shape index (κ2) is 4.44. The lowest BCUT2D eigenvalue weighted by Crippen LogP contribution is -2.12. The number of benzene rings is 1. The first kappa shape index (κ1) is 10.7. The van der Waals surface area contributed by atoms with Gasteiger partial charge in [0.05, 0.1) is 18.1 Å². The fourth-order valence-corrected chi connectivity index (χ4v) is 2.16. The monoisotopic (exact) mass is 240 g/mol. The lowest BCUT2D eigenvalue weighted by molar-refractivity contribution is -0.118. The summed E-state index contributed by atoms with van der Waals surface area (Å²) in [4.78, 5) is 20.5. The zero-order valence-electron chi connectivity index (χ0n) is 9.71. The van der Waals surface area contributed by atoms with Gasteiger partial charge in [-0.15, -0.1) is 0 Å². The Balaban J connectivity index is 1.91. The van der Waals surface area contributed by atoms with Gasteiger partial charge in [-0.3, -0.25) is 4.79 Å². The van der Waals surface area contributed by atoms with Gasteiger partial charge in [0, 0.05) is 18.8 Å². The molecule has 90 valence electrons. The van der Waals surface area contributed by atoms with E-state index in [4.69, 9.17) is 0 Å². The van der Waals surface area contributed by atoms with Crippen LogP contribution in [0.2, 0.25) is 0 Å². The van der Waals surface area contributed by atoms with Crippen LogP contribution in [0.3, 0.4) is 0 Å². The molecule has 0 radical (unpaired) electrons. The minimum Gasteiger partial charge on any atom is -0.353 e. The van der Waals surface area contributed by atoms with Crippen molar-refractivity contribution in [1.29, 1.82) is 0 Å². The normalized spacial score (nSPS) is 13.2. The fourth-order valence-electron chi connectivity index (χ4n) is 2.16. The zero-order valence-corrected chi connectivity index (χ0v) is 9.71. The molecule has 0 unspecified atom stereocenters. The summed E-state index contributed by atoms with van der Waals surface area (Å²) in [5.41, 5.74) is 4.19. The molecule has 2 heterocycles. The third-order valence-electron chi connectivity index (χ3n) is 3.00. The van der Waals surface area contributed by atoms with E-state index in [0.717, 1.165) is 23.3 Å². The summed E-state index contributed by atoms with van der Waals surface area (Å²) in [6, 6.07) is 6.03. The quantitative estimate of drug-likeness (QED) is 0.829. The van der Waals surface area contributed by atoms with Crippen LogP contribution < -0.4 is 5.32 Å². The van der Waals surface area contributed by atoms with Crippen LogP contribution in [0.1, 0.15) is 11.1 Å². The summed E-state index contributed by atoms with van der Waals surface area (Å²) >= 11 is 0. The van der Waals surface area contributed by atoms with Crippen molar-refractivity contribution in [2.45, 2.75) is 13.1 Å². The highest BCUT2D eigenvalue weighted by Gasteiger charge is 2.20. The SMILES string of the molecule is O=CN1Cc2cccc(Nc3cncnc3)c2C1. The van der Waals surface area contributed by atoms with Gasteiger partial charge in [-0.2, -0.15) is 0 Å². The van der Waals surface area contributed by atoms with Gasteiger partial charge < -0.3 is 10.2 Å². The van der Waals surface area contributed by atoms with Crippen molar-refractivity contribution in [3.8, 4) is 0 Å². The van der Waals surface area contributed by atoms with Gasteiger partial charge in [0.1, 0.15) is 6.33 Å². The van der Waals surface area contributed by atoms with Gasteiger partial charge in [0.15, 0.2) is 0 Å². The second-order valence-corrected chi connectivity index (χ2v) is 4.21. The van der Waals surface area contributed by atoms with Crippen molar-refractivity contribution in [3.05, 3.63) is 48.0 Å². The molecule has 1 aliphatic heterocycles. The average molecular weight is 240 g/mol. The fraction of sp³-hybridized carbons (Fsp3) is 0.154. The van der Waals surface area contributed by atoms with Crippen molar-refractivity contribution in [2.24, 2.45) is 0 Å². The maximum Gasteiger partial charge on any atom is 0.210 e. The molecule has 1 aromatic carbocycles. The van der Waals surface area contributed by atoms with Gasteiger partial charge >= 0.3 is 0 Å². The second-order valence-electron chi connectivity index (χ2n) is 4.21. The Bertz CT molecular complexity index is 570. The molecule has 2 aromatic rings. The Kier molecular flexibility index (Phi) is 2.64. The summed E-state index contributed by atoms with van der Waals surface area (Å²) in [7, 11) is 0. The third kappa shape index (κ3) is 1.90. The molecule has 0 bridgehead atoms. The van der Waals surface area contributed by atoms with E-state index in [9.17, 15) is 4.79 Å². The summed E-state index contributed by atoms with van der Waals surface area (Å²) in [5, 5.41) is 3.28. The number of amides is 1. The van der Waals surface area contributed by atoms with E-state index >= 15 is 0 Å². The highest BCUT2D eigenvalue weighted by molar-refractivity contribution is 5.66.